The number of ether oxygens (including phenoxy) is 1. The van der Waals surface area contributed by atoms with Crippen LogP contribution in [-0.2, 0) is 4.74 Å². The normalized spacial score (nSPS) is 19.9. The molecular weight excluding hydrogens is 244 g/mol. The molecule has 0 spiro atoms. The van der Waals surface area contributed by atoms with E-state index in [2.05, 4.69) is 37.3 Å². The molecule has 1 fully saturated rings. The number of hydrogen-bond donors (Lipinski definition) is 2. The van der Waals surface area contributed by atoms with E-state index in [0.717, 1.165) is 43.1 Å². The lowest BCUT2D eigenvalue weighted by Gasteiger charge is -2.32. The van der Waals surface area contributed by atoms with Crippen LogP contribution in [0.25, 0.3) is 11.0 Å². The topological polar surface area (TPSA) is 79.0 Å². The Hall–Kier alpha value is -1.89. The maximum absolute atomic E-state index is 5.58. The van der Waals surface area contributed by atoms with Gasteiger partial charge in [0, 0.05) is 19.6 Å². The van der Waals surface area contributed by atoms with Crippen LogP contribution in [0.1, 0.15) is 13.8 Å². The van der Waals surface area contributed by atoms with Crippen LogP contribution in [0.5, 0.6) is 0 Å². The monoisotopic (exact) mass is 262 g/mol. The molecule has 3 heterocycles. The summed E-state index contributed by atoms with van der Waals surface area (Å²) in [6, 6.07) is 0. The molecule has 0 aliphatic carbocycles. The minimum Gasteiger partial charge on any atom is -0.375 e. The number of nitrogens with one attached hydrogen (secondary N) is 2. The zero-order valence-corrected chi connectivity index (χ0v) is 11.2. The van der Waals surface area contributed by atoms with E-state index in [0.29, 0.717) is 5.95 Å². The molecule has 0 bridgehead atoms. The SMILES string of the molecule is CCNc1nc(N2CCOC(C)C2)c2cn[nH]c2n1. The van der Waals surface area contributed by atoms with Gasteiger partial charge in [-0.2, -0.15) is 15.1 Å². The highest BCUT2D eigenvalue weighted by Crippen LogP contribution is 2.25. The molecule has 0 saturated carbocycles. The highest BCUT2D eigenvalue weighted by atomic mass is 16.5. The largest absolute Gasteiger partial charge is 0.375 e. The number of H-pyrrole nitrogens is 1. The molecule has 0 amide bonds. The lowest BCUT2D eigenvalue weighted by Crippen LogP contribution is -2.41. The first-order valence-corrected chi connectivity index (χ1v) is 6.59. The van der Waals surface area contributed by atoms with E-state index in [4.69, 9.17) is 4.74 Å². The molecule has 1 aliphatic heterocycles. The molecule has 0 radical (unpaired) electrons. The molecule has 1 aliphatic rings. The predicted octanol–water partition coefficient (Wildman–Crippen LogP) is 1.01. The Morgan fingerprint density at radius 3 is 3.21 bits per heavy atom. The van der Waals surface area contributed by atoms with E-state index in [1.807, 2.05) is 6.92 Å². The third kappa shape index (κ3) is 2.33. The second kappa shape index (κ2) is 5.00. The van der Waals surface area contributed by atoms with Gasteiger partial charge in [0.1, 0.15) is 5.82 Å². The Kier molecular flexibility index (Phi) is 3.20. The van der Waals surface area contributed by atoms with Gasteiger partial charge in [-0.15, -0.1) is 0 Å². The second-order valence-corrected chi connectivity index (χ2v) is 4.66. The molecule has 3 rings (SSSR count). The first kappa shape index (κ1) is 12.2. The van der Waals surface area contributed by atoms with Crippen LogP contribution in [0.3, 0.4) is 0 Å². The summed E-state index contributed by atoms with van der Waals surface area (Å²) in [7, 11) is 0. The maximum Gasteiger partial charge on any atom is 0.226 e. The van der Waals surface area contributed by atoms with Gasteiger partial charge in [-0.25, -0.2) is 0 Å². The minimum atomic E-state index is 0.216. The number of anilines is 2. The van der Waals surface area contributed by atoms with Crippen LogP contribution >= 0.6 is 0 Å². The summed E-state index contributed by atoms with van der Waals surface area (Å²) < 4.78 is 5.58. The molecular formula is C12H18N6O. The molecule has 2 N–H and O–H groups in total. The van der Waals surface area contributed by atoms with Crippen molar-refractivity contribution in [1.29, 1.82) is 0 Å². The maximum atomic E-state index is 5.58. The van der Waals surface area contributed by atoms with E-state index in [9.17, 15) is 0 Å². The van der Waals surface area contributed by atoms with Gasteiger partial charge >= 0.3 is 0 Å². The number of aromatic nitrogens is 4. The third-order valence-electron chi connectivity index (χ3n) is 3.17. The average Bonchev–Trinajstić information content (AvgIpc) is 2.86. The fraction of sp³-hybridized carbons (Fsp3) is 0.583. The summed E-state index contributed by atoms with van der Waals surface area (Å²) in [5.74, 6) is 1.55. The number of morpholine rings is 1. The van der Waals surface area contributed by atoms with Crippen molar-refractivity contribution in [3.05, 3.63) is 6.20 Å². The van der Waals surface area contributed by atoms with Crippen molar-refractivity contribution < 1.29 is 4.74 Å². The van der Waals surface area contributed by atoms with Crippen LogP contribution < -0.4 is 10.2 Å². The standard InChI is InChI=1S/C12H18N6O/c1-3-13-12-15-10-9(6-14-17-10)11(16-12)18-4-5-19-8(2)7-18/h6,8H,3-5,7H2,1-2H3,(H2,13,14,15,16,17). The van der Waals surface area contributed by atoms with Crippen LogP contribution in [0.2, 0.25) is 0 Å². The lowest BCUT2D eigenvalue weighted by atomic mass is 10.2. The first-order valence-electron chi connectivity index (χ1n) is 6.59. The Bertz CT molecular complexity index is 568. The van der Waals surface area contributed by atoms with E-state index in [-0.39, 0.29) is 6.10 Å². The van der Waals surface area contributed by atoms with Crippen molar-refractivity contribution in [1.82, 2.24) is 20.2 Å². The van der Waals surface area contributed by atoms with E-state index in [1.165, 1.54) is 0 Å². The molecule has 2 aromatic heterocycles. The molecule has 7 nitrogen and oxygen atoms in total. The highest BCUT2D eigenvalue weighted by Gasteiger charge is 2.21. The van der Waals surface area contributed by atoms with Crippen molar-refractivity contribution in [3.8, 4) is 0 Å². The van der Waals surface area contributed by atoms with Crippen molar-refractivity contribution in [2.75, 3.05) is 36.5 Å². The average molecular weight is 262 g/mol. The summed E-state index contributed by atoms with van der Waals surface area (Å²) in [5.41, 5.74) is 0.764. The van der Waals surface area contributed by atoms with Crippen molar-refractivity contribution in [2.45, 2.75) is 20.0 Å². The van der Waals surface area contributed by atoms with E-state index in [1.54, 1.807) is 6.20 Å². The molecule has 2 aromatic rings. The fourth-order valence-electron chi connectivity index (χ4n) is 2.31. The third-order valence-corrected chi connectivity index (χ3v) is 3.17. The van der Waals surface area contributed by atoms with Gasteiger partial charge in [0.2, 0.25) is 5.95 Å². The summed E-state index contributed by atoms with van der Waals surface area (Å²) in [4.78, 5) is 11.2. The Balaban J connectivity index is 2.02. The van der Waals surface area contributed by atoms with E-state index < -0.39 is 0 Å². The highest BCUT2D eigenvalue weighted by molar-refractivity contribution is 5.87. The van der Waals surface area contributed by atoms with Crippen LogP contribution in [0.15, 0.2) is 6.20 Å². The smallest absolute Gasteiger partial charge is 0.226 e. The number of rotatable bonds is 3. The summed E-state index contributed by atoms with van der Waals surface area (Å²) in [6.45, 7) is 7.29. The van der Waals surface area contributed by atoms with Gasteiger partial charge in [-0.3, -0.25) is 5.10 Å². The second-order valence-electron chi connectivity index (χ2n) is 4.66. The van der Waals surface area contributed by atoms with Crippen LogP contribution in [0.4, 0.5) is 11.8 Å². The first-order chi connectivity index (χ1) is 9.28. The number of fused-ring (bicyclic) bond motifs is 1. The van der Waals surface area contributed by atoms with Crippen LogP contribution in [-0.4, -0.2) is 52.5 Å². The number of nitrogens with zero attached hydrogens (tertiary/aromatic N) is 4. The summed E-state index contributed by atoms with van der Waals surface area (Å²) in [6.07, 6.45) is 1.99. The molecule has 0 aromatic carbocycles. The fourth-order valence-corrected chi connectivity index (χ4v) is 2.31. The number of aromatic amines is 1. The quantitative estimate of drug-likeness (QED) is 0.859. The Morgan fingerprint density at radius 1 is 1.53 bits per heavy atom. The van der Waals surface area contributed by atoms with Gasteiger partial charge in [-0.1, -0.05) is 0 Å². The Labute approximate surface area is 111 Å². The van der Waals surface area contributed by atoms with Crippen molar-refractivity contribution >= 4 is 22.8 Å². The summed E-state index contributed by atoms with van der Waals surface area (Å²) in [5, 5.41) is 11.1. The molecule has 1 saturated heterocycles. The van der Waals surface area contributed by atoms with Gasteiger partial charge in [-0.05, 0) is 13.8 Å². The van der Waals surface area contributed by atoms with Gasteiger partial charge < -0.3 is 15.0 Å². The zero-order chi connectivity index (χ0) is 13.2. The van der Waals surface area contributed by atoms with Crippen LogP contribution in [0, 0.1) is 0 Å². The van der Waals surface area contributed by atoms with E-state index >= 15 is 0 Å². The zero-order valence-electron chi connectivity index (χ0n) is 11.2. The van der Waals surface area contributed by atoms with Gasteiger partial charge in [0.15, 0.2) is 5.65 Å². The lowest BCUT2D eigenvalue weighted by molar-refractivity contribution is 0.0530. The Morgan fingerprint density at radius 2 is 2.42 bits per heavy atom. The van der Waals surface area contributed by atoms with Gasteiger partial charge in [0.05, 0.1) is 24.3 Å². The van der Waals surface area contributed by atoms with Gasteiger partial charge in [0.25, 0.3) is 0 Å². The predicted molar refractivity (Wildman–Crippen MR) is 73.5 cm³/mol. The molecule has 102 valence electrons. The number of hydrogen-bond acceptors (Lipinski definition) is 6. The molecule has 1 atom stereocenters. The van der Waals surface area contributed by atoms with Crippen molar-refractivity contribution in [2.24, 2.45) is 0 Å². The minimum absolute atomic E-state index is 0.216. The summed E-state index contributed by atoms with van der Waals surface area (Å²) >= 11 is 0. The molecule has 1 unspecified atom stereocenters. The van der Waals surface area contributed by atoms with Crippen molar-refractivity contribution in [3.63, 3.8) is 0 Å². The molecule has 7 heteroatoms. The molecule has 19 heavy (non-hydrogen) atoms.